The van der Waals surface area contributed by atoms with Crippen LogP contribution in [0.25, 0.3) is 0 Å². The first-order valence-electron chi connectivity index (χ1n) is 5.29. The second-order valence-electron chi connectivity index (χ2n) is 3.78. The molecule has 0 unspecified atom stereocenters. The number of rotatable bonds is 6. The highest BCUT2D eigenvalue weighted by Crippen LogP contribution is 2.20. The Balaban J connectivity index is 2.21. The smallest absolute Gasteiger partial charge is 0.233 e. The zero-order valence-corrected chi connectivity index (χ0v) is 9.48. The molecule has 0 atom stereocenters. The number of unbranched alkanes of at least 4 members (excludes halogenated alkanes) is 1. The summed E-state index contributed by atoms with van der Waals surface area (Å²) in [6.45, 7) is 1.97. The lowest BCUT2D eigenvalue weighted by Crippen LogP contribution is -2.30. The Morgan fingerprint density at radius 2 is 2.00 bits per heavy atom. The molecule has 0 aliphatic heterocycles. The summed E-state index contributed by atoms with van der Waals surface area (Å²) in [5.74, 6) is 0.163. The molecule has 0 aromatic carbocycles. The summed E-state index contributed by atoms with van der Waals surface area (Å²) in [6.07, 6.45) is 5.87. The van der Waals surface area contributed by atoms with E-state index >= 15 is 0 Å². The van der Waals surface area contributed by atoms with Crippen LogP contribution < -0.4 is 4.89 Å². The summed E-state index contributed by atoms with van der Waals surface area (Å²) in [7, 11) is -3.20. The molecule has 1 aliphatic carbocycles. The minimum absolute atomic E-state index is 0.0893. The van der Waals surface area contributed by atoms with Gasteiger partial charge in [0.15, 0.2) is 0 Å². The zero-order chi connectivity index (χ0) is 10.4. The highest BCUT2D eigenvalue weighted by molar-refractivity contribution is 7.89. The fourth-order valence-electron chi connectivity index (χ4n) is 1.52. The third kappa shape index (κ3) is 4.39. The molecular formula is C9H19NO3S. The van der Waals surface area contributed by atoms with Gasteiger partial charge in [-0.15, -0.1) is 0 Å². The van der Waals surface area contributed by atoms with Gasteiger partial charge in [-0.1, -0.05) is 31.1 Å². The first-order valence-corrected chi connectivity index (χ1v) is 6.94. The lowest BCUT2D eigenvalue weighted by molar-refractivity contribution is 0.0223. The van der Waals surface area contributed by atoms with Crippen LogP contribution in [-0.4, -0.2) is 20.3 Å². The Hall–Kier alpha value is -0.130. The Kier molecular flexibility index (Phi) is 4.84. The van der Waals surface area contributed by atoms with Crippen molar-refractivity contribution in [2.24, 2.45) is 0 Å². The Bertz CT molecular complexity index is 245. The van der Waals surface area contributed by atoms with Crippen molar-refractivity contribution in [1.82, 2.24) is 4.89 Å². The Morgan fingerprint density at radius 1 is 1.36 bits per heavy atom. The van der Waals surface area contributed by atoms with Gasteiger partial charge in [0.1, 0.15) is 0 Å². The molecule has 14 heavy (non-hydrogen) atoms. The summed E-state index contributed by atoms with van der Waals surface area (Å²) in [5.41, 5.74) is 0. The van der Waals surface area contributed by atoms with Gasteiger partial charge >= 0.3 is 0 Å². The van der Waals surface area contributed by atoms with E-state index in [1.165, 1.54) is 0 Å². The molecule has 0 heterocycles. The van der Waals surface area contributed by atoms with E-state index in [0.29, 0.717) is 6.42 Å². The monoisotopic (exact) mass is 221 g/mol. The molecule has 1 N–H and O–H groups in total. The predicted octanol–water partition coefficient (Wildman–Crippen LogP) is 1.58. The van der Waals surface area contributed by atoms with Gasteiger partial charge < -0.3 is 0 Å². The molecule has 1 aliphatic rings. The standard InChI is InChI=1S/C9H19NO3S/c1-2-3-8-14(11,12)10-13-9-6-4-5-7-9/h9-10H,2-8H2,1H3. The molecule has 0 aromatic heterocycles. The molecule has 0 saturated heterocycles. The number of hydrogen-bond acceptors (Lipinski definition) is 3. The van der Waals surface area contributed by atoms with Gasteiger partial charge in [-0.25, -0.2) is 8.42 Å². The van der Waals surface area contributed by atoms with Crippen molar-refractivity contribution in [2.45, 2.75) is 51.6 Å². The van der Waals surface area contributed by atoms with Gasteiger partial charge in [-0.05, 0) is 19.3 Å². The van der Waals surface area contributed by atoms with Crippen LogP contribution in [0, 0.1) is 0 Å². The summed E-state index contributed by atoms with van der Waals surface area (Å²) in [6, 6.07) is 0. The second-order valence-corrected chi connectivity index (χ2v) is 5.58. The zero-order valence-electron chi connectivity index (χ0n) is 8.66. The molecule has 1 rings (SSSR count). The first kappa shape index (κ1) is 11.9. The maximum atomic E-state index is 11.3. The van der Waals surface area contributed by atoms with Crippen molar-refractivity contribution in [3.63, 3.8) is 0 Å². The molecule has 0 radical (unpaired) electrons. The molecule has 4 nitrogen and oxygen atoms in total. The van der Waals surface area contributed by atoms with Crippen LogP contribution in [0.4, 0.5) is 0 Å². The van der Waals surface area contributed by atoms with Crippen molar-refractivity contribution in [3.05, 3.63) is 0 Å². The molecule has 0 aromatic rings. The molecule has 1 fully saturated rings. The third-order valence-corrected chi connectivity index (χ3v) is 3.59. The van der Waals surface area contributed by atoms with Crippen LogP contribution >= 0.6 is 0 Å². The number of hydrogen-bond donors (Lipinski definition) is 1. The maximum Gasteiger partial charge on any atom is 0.233 e. The van der Waals surface area contributed by atoms with Crippen LogP contribution in [0.2, 0.25) is 0 Å². The second kappa shape index (κ2) is 5.68. The highest BCUT2D eigenvalue weighted by Gasteiger charge is 2.18. The third-order valence-electron chi connectivity index (χ3n) is 2.41. The fourth-order valence-corrected chi connectivity index (χ4v) is 2.56. The SMILES string of the molecule is CCCCS(=O)(=O)NOC1CCCC1. The lowest BCUT2D eigenvalue weighted by Gasteiger charge is -2.11. The van der Waals surface area contributed by atoms with Crippen molar-refractivity contribution < 1.29 is 13.3 Å². The van der Waals surface area contributed by atoms with Crippen molar-refractivity contribution in [2.75, 3.05) is 5.75 Å². The minimum atomic E-state index is -3.20. The Morgan fingerprint density at radius 3 is 2.57 bits per heavy atom. The van der Waals surface area contributed by atoms with Crippen molar-refractivity contribution >= 4 is 10.0 Å². The summed E-state index contributed by atoms with van der Waals surface area (Å²) in [4.78, 5) is 7.33. The first-order chi connectivity index (χ1) is 6.64. The van der Waals surface area contributed by atoms with Crippen LogP contribution in [0.15, 0.2) is 0 Å². The van der Waals surface area contributed by atoms with Crippen molar-refractivity contribution in [1.29, 1.82) is 0 Å². The molecule has 1 saturated carbocycles. The van der Waals surface area contributed by atoms with E-state index in [2.05, 4.69) is 4.89 Å². The van der Waals surface area contributed by atoms with E-state index in [9.17, 15) is 8.42 Å². The molecule has 84 valence electrons. The van der Waals surface area contributed by atoms with Gasteiger partial charge in [-0.3, -0.25) is 4.84 Å². The van der Waals surface area contributed by atoms with Crippen molar-refractivity contribution in [3.8, 4) is 0 Å². The molecule has 0 amide bonds. The van der Waals surface area contributed by atoms with Crippen LogP contribution in [0.1, 0.15) is 45.4 Å². The van der Waals surface area contributed by atoms with E-state index < -0.39 is 10.0 Å². The summed E-state index contributed by atoms with van der Waals surface area (Å²) in [5, 5.41) is 0. The van der Waals surface area contributed by atoms with Crippen LogP contribution in [0.5, 0.6) is 0 Å². The molecular weight excluding hydrogens is 202 g/mol. The number of nitrogens with one attached hydrogen (secondary N) is 1. The van der Waals surface area contributed by atoms with Gasteiger partial charge in [-0.2, -0.15) is 0 Å². The van der Waals surface area contributed by atoms with E-state index in [1.54, 1.807) is 0 Å². The average Bonchev–Trinajstić information content (AvgIpc) is 2.64. The van der Waals surface area contributed by atoms with E-state index in [-0.39, 0.29) is 11.9 Å². The quantitative estimate of drug-likeness (QED) is 0.693. The average molecular weight is 221 g/mol. The summed E-state index contributed by atoms with van der Waals surface area (Å²) < 4.78 is 22.6. The normalized spacial score (nSPS) is 18.9. The molecule has 5 heteroatoms. The van der Waals surface area contributed by atoms with Gasteiger partial charge in [0.25, 0.3) is 0 Å². The Labute approximate surface area is 86.0 Å². The summed E-state index contributed by atoms with van der Waals surface area (Å²) >= 11 is 0. The van der Waals surface area contributed by atoms with Gasteiger partial charge in [0, 0.05) is 0 Å². The number of sulfonamides is 1. The van der Waals surface area contributed by atoms with Crippen LogP contribution in [-0.2, 0) is 14.9 Å². The van der Waals surface area contributed by atoms with Crippen LogP contribution in [0.3, 0.4) is 0 Å². The van der Waals surface area contributed by atoms with E-state index in [0.717, 1.165) is 32.1 Å². The van der Waals surface area contributed by atoms with E-state index in [4.69, 9.17) is 4.84 Å². The minimum Gasteiger partial charge on any atom is -0.284 e. The lowest BCUT2D eigenvalue weighted by atomic mass is 10.3. The highest BCUT2D eigenvalue weighted by atomic mass is 32.2. The molecule has 0 spiro atoms. The molecule has 0 bridgehead atoms. The predicted molar refractivity (Wildman–Crippen MR) is 55.2 cm³/mol. The van der Waals surface area contributed by atoms with Gasteiger partial charge in [0.05, 0.1) is 11.9 Å². The fraction of sp³-hybridized carbons (Fsp3) is 1.00. The topological polar surface area (TPSA) is 55.4 Å². The van der Waals surface area contributed by atoms with Gasteiger partial charge in [0.2, 0.25) is 10.0 Å². The largest absolute Gasteiger partial charge is 0.284 e. The van der Waals surface area contributed by atoms with E-state index in [1.807, 2.05) is 6.92 Å². The maximum absolute atomic E-state index is 11.3.